The van der Waals surface area contributed by atoms with Crippen molar-refractivity contribution in [2.24, 2.45) is 0 Å². The Balaban J connectivity index is 2.45. The SMILES string of the molecule is COc1ccc(N(C)CCNC(=O)O)nc1. The van der Waals surface area contributed by atoms with Gasteiger partial charge in [0.25, 0.3) is 0 Å². The number of methoxy groups -OCH3 is 1. The first kappa shape index (κ1) is 12.1. The zero-order valence-electron chi connectivity index (χ0n) is 9.30. The molecule has 0 saturated heterocycles. The summed E-state index contributed by atoms with van der Waals surface area (Å²) in [6.45, 7) is 0.922. The predicted molar refractivity (Wildman–Crippen MR) is 60.1 cm³/mol. The standard InChI is InChI=1S/C10H15N3O3/c1-13(6-5-11-10(14)15)9-4-3-8(16-2)7-12-9/h3-4,7,11H,5-6H2,1-2H3,(H,14,15). The lowest BCUT2D eigenvalue weighted by Gasteiger charge is -2.17. The Morgan fingerprint density at radius 2 is 2.38 bits per heavy atom. The third-order valence-electron chi connectivity index (χ3n) is 2.07. The molecule has 1 aromatic heterocycles. The third kappa shape index (κ3) is 3.64. The van der Waals surface area contributed by atoms with Gasteiger partial charge in [0.05, 0.1) is 13.3 Å². The second-order valence-corrected chi connectivity index (χ2v) is 3.21. The highest BCUT2D eigenvalue weighted by Gasteiger charge is 2.03. The van der Waals surface area contributed by atoms with E-state index in [-0.39, 0.29) is 0 Å². The summed E-state index contributed by atoms with van der Waals surface area (Å²) in [7, 11) is 3.43. The third-order valence-corrected chi connectivity index (χ3v) is 2.07. The van der Waals surface area contributed by atoms with Crippen LogP contribution in [-0.2, 0) is 0 Å². The summed E-state index contributed by atoms with van der Waals surface area (Å²) < 4.78 is 4.99. The Labute approximate surface area is 93.9 Å². The van der Waals surface area contributed by atoms with Crippen LogP contribution < -0.4 is 15.0 Å². The molecule has 0 aliphatic carbocycles. The van der Waals surface area contributed by atoms with Crippen molar-refractivity contribution in [3.8, 4) is 5.75 Å². The summed E-state index contributed by atoms with van der Waals surface area (Å²) in [6.07, 6.45) is 0.604. The lowest BCUT2D eigenvalue weighted by Crippen LogP contribution is -2.32. The van der Waals surface area contributed by atoms with Crippen LogP contribution in [0, 0.1) is 0 Å². The molecule has 1 amide bonds. The van der Waals surface area contributed by atoms with Crippen LogP contribution in [0.2, 0.25) is 0 Å². The minimum Gasteiger partial charge on any atom is -0.495 e. The first-order valence-electron chi connectivity index (χ1n) is 4.81. The number of likely N-dealkylation sites (N-methyl/N-ethyl adjacent to an activating group) is 1. The van der Waals surface area contributed by atoms with Crippen LogP contribution in [0.1, 0.15) is 0 Å². The molecule has 0 fully saturated rings. The van der Waals surface area contributed by atoms with Crippen molar-refractivity contribution in [2.45, 2.75) is 0 Å². The second kappa shape index (κ2) is 5.79. The molecule has 0 aromatic carbocycles. The second-order valence-electron chi connectivity index (χ2n) is 3.21. The highest BCUT2D eigenvalue weighted by Crippen LogP contribution is 2.13. The number of amides is 1. The van der Waals surface area contributed by atoms with E-state index in [4.69, 9.17) is 9.84 Å². The zero-order chi connectivity index (χ0) is 12.0. The fourth-order valence-corrected chi connectivity index (χ4v) is 1.16. The Hall–Kier alpha value is -1.98. The Morgan fingerprint density at radius 3 is 2.88 bits per heavy atom. The highest BCUT2D eigenvalue weighted by atomic mass is 16.5. The van der Waals surface area contributed by atoms with E-state index < -0.39 is 6.09 Å². The van der Waals surface area contributed by atoms with Crippen molar-refractivity contribution in [1.82, 2.24) is 10.3 Å². The largest absolute Gasteiger partial charge is 0.495 e. The van der Waals surface area contributed by atoms with Crippen LogP contribution in [-0.4, -0.2) is 43.4 Å². The average Bonchev–Trinajstić information content (AvgIpc) is 2.28. The molecular formula is C10H15N3O3. The number of carboxylic acid groups (broad SMARTS) is 1. The molecule has 0 bridgehead atoms. The molecule has 1 heterocycles. The van der Waals surface area contributed by atoms with E-state index in [0.717, 1.165) is 5.82 Å². The van der Waals surface area contributed by atoms with E-state index in [9.17, 15) is 4.79 Å². The summed E-state index contributed by atoms with van der Waals surface area (Å²) in [4.78, 5) is 16.3. The Kier molecular flexibility index (Phi) is 4.38. The van der Waals surface area contributed by atoms with E-state index in [1.54, 1.807) is 13.3 Å². The number of hydrogen-bond acceptors (Lipinski definition) is 4. The van der Waals surface area contributed by atoms with Crippen molar-refractivity contribution in [2.75, 3.05) is 32.1 Å². The van der Waals surface area contributed by atoms with Crippen LogP contribution in [0.5, 0.6) is 5.75 Å². The fraction of sp³-hybridized carbons (Fsp3) is 0.400. The molecule has 0 aliphatic heterocycles. The quantitative estimate of drug-likeness (QED) is 0.775. The van der Waals surface area contributed by atoms with Gasteiger partial charge in [-0.05, 0) is 12.1 Å². The molecule has 0 saturated carbocycles. The van der Waals surface area contributed by atoms with Gasteiger partial charge < -0.3 is 20.1 Å². The van der Waals surface area contributed by atoms with E-state index in [2.05, 4.69) is 10.3 Å². The average molecular weight is 225 g/mol. The number of ether oxygens (including phenoxy) is 1. The number of aromatic nitrogens is 1. The van der Waals surface area contributed by atoms with Gasteiger partial charge in [-0.3, -0.25) is 0 Å². The van der Waals surface area contributed by atoms with E-state index in [0.29, 0.717) is 18.8 Å². The molecule has 0 radical (unpaired) electrons. The smallest absolute Gasteiger partial charge is 0.404 e. The maximum Gasteiger partial charge on any atom is 0.404 e. The van der Waals surface area contributed by atoms with E-state index in [1.807, 2.05) is 24.1 Å². The van der Waals surface area contributed by atoms with Gasteiger partial charge in [-0.2, -0.15) is 0 Å². The maximum absolute atomic E-state index is 10.2. The minimum absolute atomic E-state index is 0.361. The monoisotopic (exact) mass is 225 g/mol. The molecule has 1 aromatic rings. The molecule has 0 spiro atoms. The Bertz CT molecular complexity index is 340. The molecule has 16 heavy (non-hydrogen) atoms. The van der Waals surface area contributed by atoms with Gasteiger partial charge in [0, 0.05) is 20.1 Å². The molecule has 6 heteroatoms. The Morgan fingerprint density at radius 1 is 1.62 bits per heavy atom. The molecule has 0 aliphatic rings. The van der Waals surface area contributed by atoms with Crippen molar-refractivity contribution < 1.29 is 14.6 Å². The maximum atomic E-state index is 10.2. The number of nitrogens with zero attached hydrogens (tertiary/aromatic N) is 2. The van der Waals surface area contributed by atoms with Gasteiger partial charge in [0.15, 0.2) is 0 Å². The van der Waals surface area contributed by atoms with Crippen molar-refractivity contribution in [3.63, 3.8) is 0 Å². The van der Waals surface area contributed by atoms with Crippen LogP contribution >= 0.6 is 0 Å². The number of hydrogen-bond donors (Lipinski definition) is 2. The molecular weight excluding hydrogens is 210 g/mol. The van der Waals surface area contributed by atoms with Gasteiger partial charge >= 0.3 is 6.09 Å². The van der Waals surface area contributed by atoms with E-state index in [1.165, 1.54) is 0 Å². The van der Waals surface area contributed by atoms with Gasteiger partial charge in [0.1, 0.15) is 11.6 Å². The summed E-state index contributed by atoms with van der Waals surface area (Å²) in [6, 6.07) is 3.63. The molecule has 1 rings (SSSR count). The number of pyridine rings is 1. The molecule has 2 N–H and O–H groups in total. The molecule has 88 valence electrons. The topological polar surface area (TPSA) is 74.7 Å². The van der Waals surface area contributed by atoms with Gasteiger partial charge in [-0.25, -0.2) is 9.78 Å². The van der Waals surface area contributed by atoms with Gasteiger partial charge in [0.2, 0.25) is 0 Å². The lowest BCUT2D eigenvalue weighted by atomic mass is 10.4. The fourth-order valence-electron chi connectivity index (χ4n) is 1.16. The number of carbonyl (C=O) groups is 1. The predicted octanol–water partition coefficient (Wildman–Crippen LogP) is 0.794. The number of nitrogens with one attached hydrogen (secondary N) is 1. The summed E-state index contributed by atoms with van der Waals surface area (Å²) in [5.41, 5.74) is 0. The number of rotatable bonds is 5. The van der Waals surface area contributed by atoms with Crippen LogP contribution in [0.3, 0.4) is 0 Å². The number of anilines is 1. The van der Waals surface area contributed by atoms with Gasteiger partial charge in [-0.15, -0.1) is 0 Å². The summed E-state index contributed by atoms with van der Waals surface area (Å²) in [5, 5.41) is 10.7. The van der Waals surface area contributed by atoms with Crippen LogP contribution in [0.25, 0.3) is 0 Å². The minimum atomic E-state index is -1.02. The molecule has 0 atom stereocenters. The highest BCUT2D eigenvalue weighted by molar-refractivity contribution is 5.64. The van der Waals surface area contributed by atoms with Crippen molar-refractivity contribution in [3.05, 3.63) is 18.3 Å². The van der Waals surface area contributed by atoms with Gasteiger partial charge in [-0.1, -0.05) is 0 Å². The van der Waals surface area contributed by atoms with E-state index >= 15 is 0 Å². The summed E-state index contributed by atoms with van der Waals surface area (Å²) in [5.74, 6) is 1.47. The first-order chi connectivity index (χ1) is 7.63. The van der Waals surface area contributed by atoms with Crippen molar-refractivity contribution >= 4 is 11.9 Å². The lowest BCUT2D eigenvalue weighted by molar-refractivity contribution is 0.195. The van der Waals surface area contributed by atoms with Crippen LogP contribution in [0.15, 0.2) is 18.3 Å². The first-order valence-corrected chi connectivity index (χ1v) is 4.81. The van der Waals surface area contributed by atoms with Crippen molar-refractivity contribution in [1.29, 1.82) is 0 Å². The molecule has 6 nitrogen and oxygen atoms in total. The molecule has 0 unspecified atom stereocenters. The zero-order valence-corrected chi connectivity index (χ0v) is 9.30. The van der Waals surface area contributed by atoms with Crippen LogP contribution in [0.4, 0.5) is 10.6 Å². The summed E-state index contributed by atoms with van der Waals surface area (Å²) >= 11 is 0. The normalized spacial score (nSPS) is 9.62.